The average Bonchev–Trinajstić information content (AvgIpc) is 3.00. The third-order valence-electron chi connectivity index (χ3n) is 4.98. The van der Waals surface area contributed by atoms with Crippen LogP contribution in [0.3, 0.4) is 0 Å². The number of rotatable bonds is 2. The van der Waals surface area contributed by atoms with Crippen LogP contribution >= 0.6 is 11.3 Å². The van der Waals surface area contributed by atoms with Crippen molar-refractivity contribution in [1.29, 1.82) is 0 Å². The minimum atomic E-state index is 0.757. The van der Waals surface area contributed by atoms with Gasteiger partial charge in [-0.25, -0.2) is 9.97 Å². The van der Waals surface area contributed by atoms with Gasteiger partial charge in [-0.15, -0.1) is 11.3 Å². The molecule has 25 heavy (non-hydrogen) atoms. The zero-order valence-electron chi connectivity index (χ0n) is 14.0. The number of para-hydroxylation sites is 1. The Kier molecular flexibility index (Phi) is 3.41. The van der Waals surface area contributed by atoms with Gasteiger partial charge in [0.2, 0.25) is 0 Å². The molecule has 0 saturated heterocycles. The third kappa shape index (κ3) is 2.46. The molecule has 1 atom stereocenters. The fraction of sp³-hybridized carbons (Fsp3) is 0.250. The lowest BCUT2D eigenvalue weighted by molar-refractivity contribution is 0.509. The molecule has 0 aliphatic heterocycles. The average molecular weight is 346 g/mol. The number of benzene rings is 1. The first kappa shape index (κ1) is 14.8. The molecular weight excluding hydrogens is 328 g/mol. The van der Waals surface area contributed by atoms with Crippen LogP contribution in [-0.2, 0) is 12.8 Å². The van der Waals surface area contributed by atoms with E-state index in [1.54, 1.807) is 6.33 Å². The van der Waals surface area contributed by atoms with Crippen molar-refractivity contribution in [1.82, 2.24) is 15.0 Å². The summed E-state index contributed by atoms with van der Waals surface area (Å²) < 4.78 is 0. The minimum absolute atomic E-state index is 0.757. The van der Waals surface area contributed by atoms with E-state index in [0.717, 1.165) is 46.0 Å². The van der Waals surface area contributed by atoms with Crippen molar-refractivity contribution in [3.63, 3.8) is 0 Å². The molecular formula is C20H18N4S. The Bertz CT molecular complexity index is 1080. The standard InChI is InChI=1S/C20H18N4S/c1-12-7-8-14-16(10-12)25-20-17(14)19(22-11-23-20)24-15-6-2-4-13-5-3-9-21-18(13)15/h2-6,9,11-12H,7-8,10H2,1H3,(H,22,23,24). The molecule has 1 unspecified atom stereocenters. The fourth-order valence-corrected chi connectivity index (χ4v) is 5.05. The molecule has 3 heterocycles. The number of hydrogen-bond donors (Lipinski definition) is 1. The van der Waals surface area contributed by atoms with Crippen LogP contribution in [0.1, 0.15) is 23.8 Å². The Hall–Kier alpha value is -2.53. The maximum Gasteiger partial charge on any atom is 0.142 e. The second kappa shape index (κ2) is 5.77. The van der Waals surface area contributed by atoms with Crippen LogP contribution in [0.4, 0.5) is 11.5 Å². The normalized spacial score (nSPS) is 16.9. The van der Waals surface area contributed by atoms with Crippen molar-refractivity contribution in [2.75, 3.05) is 5.32 Å². The summed E-state index contributed by atoms with van der Waals surface area (Å²) in [6, 6.07) is 10.2. The number of thiophene rings is 1. The van der Waals surface area contributed by atoms with E-state index < -0.39 is 0 Å². The summed E-state index contributed by atoms with van der Waals surface area (Å²) in [6.07, 6.45) is 7.01. The number of fused-ring (bicyclic) bond motifs is 4. The first-order chi connectivity index (χ1) is 12.3. The lowest BCUT2D eigenvalue weighted by Gasteiger charge is -2.18. The van der Waals surface area contributed by atoms with E-state index in [4.69, 9.17) is 0 Å². The van der Waals surface area contributed by atoms with Crippen LogP contribution in [0.25, 0.3) is 21.1 Å². The Labute approximate surface area is 150 Å². The number of nitrogens with one attached hydrogen (secondary N) is 1. The van der Waals surface area contributed by atoms with E-state index in [0.29, 0.717) is 0 Å². The van der Waals surface area contributed by atoms with Crippen molar-refractivity contribution in [2.45, 2.75) is 26.2 Å². The van der Waals surface area contributed by atoms with Gasteiger partial charge in [0, 0.05) is 16.5 Å². The Morgan fingerprint density at radius 2 is 2.04 bits per heavy atom. The molecule has 1 aromatic carbocycles. The van der Waals surface area contributed by atoms with Gasteiger partial charge in [-0.3, -0.25) is 4.98 Å². The van der Waals surface area contributed by atoms with E-state index in [9.17, 15) is 0 Å². The molecule has 1 aliphatic rings. The summed E-state index contributed by atoms with van der Waals surface area (Å²) in [7, 11) is 0. The number of aryl methyl sites for hydroxylation is 1. The largest absolute Gasteiger partial charge is 0.338 e. The van der Waals surface area contributed by atoms with Gasteiger partial charge in [0.15, 0.2) is 0 Å². The molecule has 1 aliphatic carbocycles. The number of nitrogens with zero attached hydrogens (tertiary/aromatic N) is 3. The van der Waals surface area contributed by atoms with Crippen molar-refractivity contribution in [3.8, 4) is 0 Å². The summed E-state index contributed by atoms with van der Waals surface area (Å²) in [5.41, 5.74) is 3.39. The van der Waals surface area contributed by atoms with Crippen LogP contribution in [-0.4, -0.2) is 15.0 Å². The van der Waals surface area contributed by atoms with Gasteiger partial charge in [-0.1, -0.05) is 25.1 Å². The Morgan fingerprint density at radius 1 is 1.12 bits per heavy atom. The van der Waals surface area contributed by atoms with E-state index in [2.05, 4.69) is 51.5 Å². The predicted molar refractivity (Wildman–Crippen MR) is 104 cm³/mol. The van der Waals surface area contributed by atoms with Gasteiger partial charge in [-0.05, 0) is 42.9 Å². The molecule has 0 radical (unpaired) electrons. The van der Waals surface area contributed by atoms with Gasteiger partial charge in [0.25, 0.3) is 0 Å². The Balaban J connectivity index is 1.66. The van der Waals surface area contributed by atoms with Crippen molar-refractivity contribution >= 4 is 44.0 Å². The first-order valence-electron chi connectivity index (χ1n) is 8.65. The second-order valence-corrected chi connectivity index (χ2v) is 7.84. The second-order valence-electron chi connectivity index (χ2n) is 6.76. The maximum atomic E-state index is 4.57. The van der Waals surface area contributed by atoms with Crippen LogP contribution in [0, 0.1) is 5.92 Å². The molecule has 3 aromatic heterocycles. The molecule has 0 saturated carbocycles. The molecule has 0 spiro atoms. The topological polar surface area (TPSA) is 50.7 Å². The van der Waals surface area contributed by atoms with Crippen molar-refractivity contribution in [2.24, 2.45) is 5.92 Å². The molecule has 1 N–H and O–H groups in total. The lowest BCUT2D eigenvalue weighted by atomic mass is 9.89. The first-order valence-corrected chi connectivity index (χ1v) is 9.47. The highest BCUT2D eigenvalue weighted by molar-refractivity contribution is 7.19. The van der Waals surface area contributed by atoms with Gasteiger partial charge in [0.05, 0.1) is 16.6 Å². The third-order valence-corrected chi connectivity index (χ3v) is 6.14. The van der Waals surface area contributed by atoms with E-state index in [1.807, 2.05) is 23.6 Å². The van der Waals surface area contributed by atoms with Gasteiger partial charge < -0.3 is 5.32 Å². The highest BCUT2D eigenvalue weighted by atomic mass is 32.1. The van der Waals surface area contributed by atoms with Crippen LogP contribution in [0.2, 0.25) is 0 Å². The smallest absolute Gasteiger partial charge is 0.142 e. The van der Waals surface area contributed by atoms with Crippen LogP contribution in [0.5, 0.6) is 0 Å². The van der Waals surface area contributed by atoms with Crippen molar-refractivity contribution < 1.29 is 0 Å². The number of aromatic nitrogens is 3. The van der Waals surface area contributed by atoms with Crippen LogP contribution in [0.15, 0.2) is 42.9 Å². The van der Waals surface area contributed by atoms with Gasteiger partial charge in [0.1, 0.15) is 17.0 Å². The number of anilines is 2. The summed E-state index contributed by atoms with van der Waals surface area (Å²) in [5, 5.41) is 5.85. The summed E-state index contributed by atoms with van der Waals surface area (Å²) >= 11 is 1.83. The molecule has 0 fully saturated rings. The number of pyridine rings is 1. The molecule has 4 aromatic rings. The lowest BCUT2D eigenvalue weighted by Crippen LogP contribution is -2.09. The molecule has 5 heteroatoms. The van der Waals surface area contributed by atoms with Crippen molar-refractivity contribution in [3.05, 3.63) is 53.3 Å². The predicted octanol–water partition coefficient (Wildman–Crippen LogP) is 5.11. The maximum absolute atomic E-state index is 4.57. The van der Waals surface area contributed by atoms with Gasteiger partial charge in [-0.2, -0.15) is 0 Å². The summed E-state index contributed by atoms with van der Waals surface area (Å²) in [4.78, 5) is 16.2. The monoisotopic (exact) mass is 346 g/mol. The molecule has 124 valence electrons. The molecule has 4 nitrogen and oxygen atoms in total. The molecule has 0 bridgehead atoms. The molecule has 5 rings (SSSR count). The minimum Gasteiger partial charge on any atom is -0.338 e. The highest BCUT2D eigenvalue weighted by Crippen LogP contribution is 2.40. The van der Waals surface area contributed by atoms with E-state index in [-0.39, 0.29) is 0 Å². The Morgan fingerprint density at radius 3 is 3.00 bits per heavy atom. The molecule has 0 amide bonds. The zero-order chi connectivity index (χ0) is 16.8. The van der Waals surface area contributed by atoms with E-state index >= 15 is 0 Å². The van der Waals surface area contributed by atoms with E-state index in [1.165, 1.54) is 22.2 Å². The van der Waals surface area contributed by atoms with Crippen LogP contribution < -0.4 is 5.32 Å². The highest BCUT2D eigenvalue weighted by Gasteiger charge is 2.23. The SMILES string of the molecule is CC1CCc2c(sc3ncnc(Nc4cccc5cccnc45)c23)C1. The summed E-state index contributed by atoms with van der Waals surface area (Å²) in [5.74, 6) is 1.66. The summed E-state index contributed by atoms with van der Waals surface area (Å²) in [6.45, 7) is 2.33. The zero-order valence-corrected chi connectivity index (χ0v) is 14.8. The number of hydrogen-bond acceptors (Lipinski definition) is 5. The quantitative estimate of drug-likeness (QED) is 0.548. The fourth-order valence-electron chi connectivity index (χ4n) is 3.70. The van der Waals surface area contributed by atoms with Gasteiger partial charge >= 0.3 is 0 Å².